The zero-order valence-electron chi connectivity index (χ0n) is 14.1. The van der Waals surface area contributed by atoms with Crippen LogP contribution in [0.2, 0.25) is 0 Å². The molecule has 0 spiro atoms. The number of nitriles is 3. The fraction of sp³-hybridized carbons (Fsp3) is 0.667. The smallest absolute Gasteiger partial charge is 0.185 e. The van der Waals surface area contributed by atoms with Crippen molar-refractivity contribution in [1.29, 1.82) is 21.2 Å². The van der Waals surface area contributed by atoms with Gasteiger partial charge in [-0.2, -0.15) is 15.8 Å². The third-order valence-electron chi connectivity index (χ3n) is 5.50. The minimum absolute atomic E-state index is 0.0149. The molecular weight excluding hydrogens is 286 g/mol. The Morgan fingerprint density at radius 3 is 2.48 bits per heavy atom. The molecule has 4 atom stereocenters. The van der Waals surface area contributed by atoms with E-state index in [1.165, 1.54) is 4.90 Å². The normalized spacial score (nSPS) is 32.2. The summed E-state index contributed by atoms with van der Waals surface area (Å²) in [6.07, 6.45) is 3.68. The third kappa shape index (κ3) is 2.54. The number of rotatable bonds is 3. The summed E-state index contributed by atoms with van der Waals surface area (Å²) in [6, 6.07) is 6.87. The molecule has 0 aromatic heterocycles. The highest BCUT2D eigenvalue weighted by atomic mass is 15.2. The first-order valence-electron chi connectivity index (χ1n) is 8.32. The van der Waals surface area contributed by atoms with Crippen LogP contribution in [0, 0.1) is 62.6 Å². The van der Waals surface area contributed by atoms with Gasteiger partial charge in [-0.15, -0.1) is 0 Å². The van der Waals surface area contributed by atoms with Gasteiger partial charge in [-0.25, -0.2) is 0 Å². The van der Waals surface area contributed by atoms with Crippen LogP contribution < -0.4 is 4.90 Å². The van der Waals surface area contributed by atoms with Gasteiger partial charge in [0.15, 0.2) is 5.41 Å². The van der Waals surface area contributed by atoms with Crippen molar-refractivity contribution >= 4 is 5.71 Å². The standard InChI is InChI=1S/C18H23N5/c1-4-5-16-15-9-23(12(2)3)7-6-13(15)14(8-19)17(22)18(16,10-20)11-21/h6,12,14-16,22H,4-5,7,9H2,1-3H3/p+1/t14-,15+,16+/m1/s1. The minimum atomic E-state index is -1.46. The van der Waals surface area contributed by atoms with Gasteiger partial charge in [-0.3, -0.25) is 0 Å². The maximum Gasteiger partial charge on any atom is 0.185 e. The molecule has 5 heteroatoms. The number of hydrogen-bond acceptors (Lipinski definition) is 4. The van der Waals surface area contributed by atoms with E-state index in [9.17, 15) is 15.8 Å². The van der Waals surface area contributed by atoms with E-state index < -0.39 is 11.3 Å². The van der Waals surface area contributed by atoms with E-state index >= 15 is 0 Å². The molecule has 0 aromatic carbocycles. The molecule has 0 bridgehead atoms. The van der Waals surface area contributed by atoms with Crippen molar-refractivity contribution in [2.75, 3.05) is 13.1 Å². The second-order valence-corrected chi connectivity index (χ2v) is 6.93. The van der Waals surface area contributed by atoms with Gasteiger partial charge in [-0.1, -0.05) is 13.3 Å². The van der Waals surface area contributed by atoms with Crippen LogP contribution in [0.1, 0.15) is 33.6 Å². The average Bonchev–Trinajstić information content (AvgIpc) is 2.56. The summed E-state index contributed by atoms with van der Waals surface area (Å²) in [6.45, 7) is 8.05. The topological polar surface area (TPSA) is 99.7 Å². The van der Waals surface area contributed by atoms with Crippen molar-refractivity contribution in [3.8, 4) is 18.2 Å². The molecule has 0 saturated heterocycles. The summed E-state index contributed by atoms with van der Waals surface area (Å²) < 4.78 is 0. The Morgan fingerprint density at radius 1 is 1.35 bits per heavy atom. The highest BCUT2D eigenvalue weighted by Gasteiger charge is 2.57. The van der Waals surface area contributed by atoms with Crippen LogP contribution in [0.5, 0.6) is 0 Å². The SMILES string of the molecule is CCC[C@H]1[C@H]2C[NH+](C(C)C)CC=C2[C@@H](C#N)C(=N)C1(C#N)C#N. The van der Waals surface area contributed by atoms with E-state index in [4.69, 9.17) is 5.41 Å². The van der Waals surface area contributed by atoms with E-state index in [0.29, 0.717) is 6.04 Å². The van der Waals surface area contributed by atoms with Gasteiger partial charge < -0.3 is 10.3 Å². The number of fused-ring (bicyclic) bond motifs is 1. The lowest BCUT2D eigenvalue weighted by Crippen LogP contribution is -3.16. The first-order valence-corrected chi connectivity index (χ1v) is 8.32. The second-order valence-electron chi connectivity index (χ2n) is 6.93. The molecule has 1 fully saturated rings. The van der Waals surface area contributed by atoms with Crippen LogP contribution in [0.25, 0.3) is 0 Å². The number of quaternary nitrogens is 1. The zero-order valence-corrected chi connectivity index (χ0v) is 14.1. The van der Waals surface area contributed by atoms with Crippen LogP contribution in [0.4, 0.5) is 0 Å². The second kappa shape index (κ2) is 6.53. The number of nitrogens with zero attached hydrogens (tertiary/aromatic N) is 3. The number of nitrogens with one attached hydrogen (secondary N) is 2. The molecule has 5 nitrogen and oxygen atoms in total. The van der Waals surface area contributed by atoms with E-state index in [1.54, 1.807) is 0 Å². The molecule has 1 aliphatic carbocycles. The Labute approximate surface area is 138 Å². The Bertz CT molecular complexity index is 626. The first kappa shape index (κ1) is 17.2. The lowest BCUT2D eigenvalue weighted by Gasteiger charge is -2.46. The summed E-state index contributed by atoms with van der Waals surface area (Å²) in [4.78, 5) is 1.41. The monoisotopic (exact) mass is 310 g/mol. The lowest BCUT2D eigenvalue weighted by molar-refractivity contribution is -0.921. The maximum atomic E-state index is 9.74. The molecule has 2 rings (SSSR count). The van der Waals surface area contributed by atoms with Crippen molar-refractivity contribution in [1.82, 2.24) is 0 Å². The summed E-state index contributed by atoms with van der Waals surface area (Å²) in [7, 11) is 0. The van der Waals surface area contributed by atoms with Gasteiger partial charge in [0.05, 0.1) is 43.1 Å². The van der Waals surface area contributed by atoms with Gasteiger partial charge in [0.25, 0.3) is 0 Å². The van der Waals surface area contributed by atoms with Crippen molar-refractivity contribution in [2.24, 2.45) is 23.2 Å². The first-order chi connectivity index (χ1) is 11.0. The van der Waals surface area contributed by atoms with Crippen molar-refractivity contribution < 1.29 is 4.90 Å². The average molecular weight is 310 g/mol. The minimum Gasteiger partial charge on any atom is -0.329 e. The fourth-order valence-electron chi connectivity index (χ4n) is 4.14. The zero-order chi connectivity index (χ0) is 17.2. The van der Waals surface area contributed by atoms with Crippen LogP contribution in [-0.2, 0) is 0 Å². The lowest BCUT2D eigenvalue weighted by atomic mass is 9.55. The Hall–Kier alpha value is -2.16. The predicted octanol–water partition coefficient (Wildman–Crippen LogP) is 1.46. The van der Waals surface area contributed by atoms with Gasteiger partial charge in [0, 0.05) is 11.8 Å². The molecule has 0 aromatic rings. The molecule has 2 N–H and O–H groups in total. The molecule has 1 saturated carbocycles. The molecule has 1 aliphatic heterocycles. The van der Waals surface area contributed by atoms with Gasteiger partial charge in [-0.05, 0) is 31.9 Å². The van der Waals surface area contributed by atoms with E-state index in [1.807, 2.05) is 6.92 Å². The number of hydrogen-bond donors (Lipinski definition) is 2. The van der Waals surface area contributed by atoms with E-state index in [0.717, 1.165) is 31.5 Å². The third-order valence-corrected chi connectivity index (χ3v) is 5.50. The molecule has 120 valence electrons. The fourth-order valence-corrected chi connectivity index (χ4v) is 4.14. The molecule has 0 amide bonds. The molecule has 0 radical (unpaired) electrons. The maximum absolute atomic E-state index is 9.74. The molecule has 1 heterocycles. The Balaban J connectivity index is 2.58. The highest BCUT2D eigenvalue weighted by molar-refractivity contribution is 5.99. The summed E-state index contributed by atoms with van der Waals surface area (Å²) >= 11 is 0. The van der Waals surface area contributed by atoms with Gasteiger partial charge in [0.1, 0.15) is 5.92 Å². The molecular formula is C18H24N5+. The van der Waals surface area contributed by atoms with E-state index in [2.05, 4.69) is 38.1 Å². The van der Waals surface area contributed by atoms with Crippen molar-refractivity contribution in [2.45, 2.75) is 39.7 Å². The molecule has 23 heavy (non-hydrogen) atoms. The summed E-state index contributed by atoms with van der Waals surface area (Å²) in [5.74, 6) is -0.875. The van der Waals surface area contributed by atoms with Crippen molar-refractivity contribution in [3.63, 3.8) is 0 Å². The van der Waals surface area contributed by atoms with Crippen LogP contribution >= 0.6 is 0 Å². The Morgan fingerprint density at radius 2 is 2.00 bits per heavy atom. The van der Waals surface area contributed by atoms with Gasteiger partial charge >= 0.3 is 0 Å². The predicted molar refractivity (Wildman–Crippen MR) is 86.3 cm³/mol. The molecule has 1 unspecified atom stereocenters. The van der Waals surface area contributed by atoms with Gasteiger partial charge in [0.2, 0.25) is 0 Å². The quantitative estimate of drug-likeness (QED) is 0.772. The Kier molecular flexibility index (Phi) is 4.88. The summed E-state index contributed by atoms with van der Waals surface area (Å²) in [5.41, 5.74) is -0.502. The largest absolute Gasteiger partial charge is 0.329 e. The van der Waals surface area contributed by atoms with E-state index in [-0.39, 0.29) is 17.5 Å². The summed E-state index contributed by atoms with van der Waals surface area (Å²) in [5, 5.41) is 37.4. The van der Waals surface area contributed by atoms with Crippen LogP contribution in [-0.4, -0.2) is 24.8 Å². The van der Waals surface area contributed by atoms with Crippen LogP contribution in [0.15, 0.2) is 11.6 Å². The highest BCUT2D eigenvalue weighted by Crippen LogP contribution is 2.49. The molecule has 2 aliphatic rings. The van der Waals surface area contributed by atoms with Crippen LogP contribution in [0.3, 0.4) is 0 Å². The van der Waals surface area contributed by atoms with Crippen molar-refractivity contribution in [3.05, 3.63) is 11.6 Å².